The van der Waals surface area contributed by atoms with E-state index in [1.807, 2.05) is 6.07 Å². The average Bonchev–Trinajstić information content (AvgIpc) is 2.27. The molecule has 1 amide bonds. The number of nitroso groups, excluding NO2 is 1. The van der Waals surface area contributed by atoms with Crippen molar-refractivity contribution in [2.45, 2.75) is 12.8 Å². The lowest BCUT2D eigenvalue weighted by Gasteiger charge is -2.17. The lowest BCUT2D eigenvalue weighted by atomic mass is 10.0. The first kappa shape index (κ1) is 8.87. The van der Waals surface area contributed by atoms with Crippen LogP contribution in [0.2, 0.25) is 0 Å². The zero-order valence-corrected chi connectivity index (χ0v) is 7.62. The maximum atomic E-state index is 11.0. The number of nitrogens with one attached hydrogen (secondary N) is 1. The van der Waals surface area contributed by atoms with Crippen molar-refractivity contribution in [3.63, 3.8) is 0 Å². The third kappa shape index (κ3) is 1.51. The van der Waals surface area contributed by atoms with Crippen LogP contribution in [0.5, 0.6) is 0 Å². The predicted molar refractivity (Wildman–Crippen MR) is 53.4 cm³/mol. The van der Waals surface area contributed by atoms with Gasteiger partial charge in [-0.25, -0.2) is 0 Å². The molecule has 0 fully saturated rings. The Morgan fingerprint density at radius 1 is 1.43 bits per heavy atom. The molecule has 4 heteroatoms. The van der Waals surface area contributed by atoms with Crippen molar-refractivity contribution in [3.8, 4) is 0 Å². The van der Waals surface area contributed by atoms with Crippen molar-refractivity contribution in [3.05, 3.63) is 34.2 Å². The molecule has 1 aliphatic rings. The maximum absolute atomic E-state index is 11.0. The first-order valence-electron chi connectivity index (χ1n) is 4.56. The van der Waals surface area contributed by atoms with E-state index in [9.17, 15) is 9.70 Å². The number of carbonyl (C=O) groups excluding carboxylic acids is 1. The van der Waals surface area contributed by atoms with Crippen LogP contribution in [-0.4, -0.2) is 12.5 Å². The number of hydrogen-bond donors (Lipinski definition) is 1. The molecule has 1 aromatic rings. The molecule has 1 aromatic carbocycles. The molecule has 1 heterocycles. The van der Waals surface area contributed by atoms with Crippen molar-refractivity contribution < 1.29 is 4.79 Å². The van der Waals surface area contributed by atoms with Crippen molar-refractivity contribution in [1.82, 2.24) is 0 Å². The average molecular weight is 190 g/mol. The van der Waals surface area contributed by atoms with E-state index in [1.165, 1.54) is 0 Å². The van der Waals surface area contributed by atoms with Gasteiger partial charge in [-0.2, -0.15) is 0 Å². The van der Waals surface area contributed by atoms with Crippen LogP contribution in [0.1, 0.15) is 22.3 Å². The van der Waals surface area contributed by atoms with Crippen LogP contribution in [-0.2, 0) is 6.42 Å². The molecule has 0 saturated carbocycles. The van der Waals surface area contributed by atoms with E-state index >= 15 is 0 Å². The van der Waals surface area contributed by atoms with Crippen molar-refractivity contribution in [2.24, 2.45) is 5.18 Å². The Morgan fingerprint density at radius 3 is 3.07 bits per heavy atom. The van der Waals surface area contributed by atoms with Crippen molar-refractivity contribution in [2.75, 3.05) is 11.9 Å². The second-order valence-electron chi connectivity index (χ2n) is 3.30. The molecule has 0 radical (unpaired) electrons. The summed E-state index contributed by atoms with van der Waals surface area (Å²) in [4.78, 5) is 21.1. The van der Waals surface area contributed by atoms with E-state index in [1.54, 1.807) is 12.1 Å². The fourth-order valence-electron chi connectivity index (χ4n) is 1.66. The fraction of sp³-hybridized carbons (Fsp3) is 0.300. The molecule has 1 aliphatic heterocycles. The van der Waals surface area contributed by atoms with Crippen LogP contribution in [0.4, 0.5) is 5.69 Å². The first-order valence-corrected chi connectivity index (χ1v) is 4.56. The standard InChI is InChI=1S/C10H10N2O2/c13-10(12-14)8-3-4-9-7(6-8)2-1-5-11-9/h3-4,6,11H,1-2,5H2. The highest BCUT2D eigenvalue weighted by atomic mass is 16.3. The summed E-state index contributed by atoms with van der Waals surface area (Å²) in [6.45, 7) is 0.965. The first-order chi connectivity index (χ1) is 6.81. The number of fused-ring (bicyclic) bond motifs is 1. The summed E-state index contributed by atoms with van der Waals surface area (Å²) >= 11 is 0. The molecule has 0 bridgehead atoms. The van der Waals surface area contributed by atoms with Crippen molar-refractivity contribution in [1.29, 1.82) is 0 Å². The summed E-state index contributed by atoms with van der Waals surface area (Å²) in [6, 6.07) is 5.19. The summed E-state index contributed by atoms with van der Waals surface area (Å²) in [6.07, 6.45) is 2.00. The van der Waals surface area contributed by atoms with E-state index in [0.717, 1.165) is 30.6 Å². The van der Waals surface area contributed by atoms with Crippen LogP contribution in [0.15, 0.2) is 23.4 Å². The fourth-order valence-corrected chi connectivity index (χ4v) is 1.66. The van der Waals surface area contributed by atoms with Gasteiger partial charge in [0.2, 0.25) is 0 Å². The van der Waals surface area contributed by atoms with Crippen molar-refractivity contribution >= 4 is 11.6 Å². The largest absolute Gasteiger partial charge is 0.385 e. The Morgan fingerprint density at radius 2 is 2.29 bits per heavy atom. The quantitative estimate of drug-likeness (QED) is 0.688. The summed E-state index contributed by atoms with van der Waals surface area (Å²) < 4.78 is 0. The minimum absolute atomic E-state index is 0.377. The zero-order chi connectivity index (χ0) is 9.97. The van der Waals surface area contributed by atoms with E-state index in [4.69, 9.17) is 0 Å². The lowest BCUT2D eigenvalue weighted by Crippen LogP contribution is -2.12. The Labute approximate surface area is 81.3 Å². The highest BCUT2D eigenvalue weighted by molar-refractivity contribution is 5.95. The molecule has 1 N–H and O–H groups in total. The normalized spacial score (nSPS) is 14.0. The summed E-state index contributed by atoms with van der Waals surface area (Å²) in [5.74, 6) is -0.696. The van der Waals surface area contributed by atoms with E-state index in [2.05, 4.69) is 10.5 Å². The summed E-state index contributed by atoms with van der Waals surface area (Å²) in [7, 11) is 0. The molecule has 0 aromatic heterocycles. The van der Waals surface area contributed by atoms with Gasteiger partial charge < -0.3 is 5.32 Å². The van der Waals surface area contributed by atoms with Crippen LogP contribution < -0.4 is 5.32 Å². The van der Waals surface area contributed by atoms with Gasteiger partial charge in [0.25, 0.3) is 0 Å². The number of aryl methyl sites for hydroxylation is 1. The molecular formula is C10H10N2O2. The molecule has 0 atom stereocenters. The Bertz CT molecular complexity index is 388. The number of hydrogen-bond acceptors (Lipinski definition) is 3. The molecule has 2 rings (SSSR count). The van der Waals surface area contributed by atoms with Gasteiger partial charge in [-0.15, -0.1) is 4.91 Å². The SMILES string of the molecule is O=NC(=O)c1ccc2c(c1)CCCN2. The van der Waals surface area contributed by atoms with Gasteiger partial charge in [0.1, 0.15) is 0 Å². The number of anilines is 1. The monoisotopic (exact) mass is 190 g/mol. The minimum atomic E-state index is -0.696. The number of amides is 1. The Balaban J connectivity index is 2.38. The van der Waals surface area contributed by atoms with Crippen LogP contribution in [0.3, 0.4) is 0 Å². The van der Waals surface area contributed by atoms with Gasteiger partial charge in [-0.1, -0.05) is 0 Å². The highest BCUT2D eigenvalue weighted by Gasteiger charge is 2.12. The maximum Gasteiger partial charge on any atom is 0.316 e. The lowest BCUT2D eigenvalue weighted by molar-refractivity contribution is 0.100. The van der Waals surface area contributed by atoms with Gasteiger partial charge in [-0.3, -0.25) is 4.79 Å². The highest BCUT2D eigenvalue weighted by Crippen LogP contribution is 2.23. The Kier molecular flexibility index (Phi) is 2.26. The van der Waals surface area contributed by atoms with Gasteiger partial charge in [0.15, 0.2) is 0 Å². The van der Waals surface area contributed by atoms with Crippen LogP contribution in [0, 0.1) is 4.91 Å². The van der Waals surface area contributed by atoms with E-state index in [0.29, 0.717) is 5.56 Å². The molecule has 0 aliphatic carbocycles. The molecule has 0 spiro atoms. The molecule has 4 nitrogen and oxygen atoms in total. The van der Waals surface area contributed by atoms with Gasteiger partial charge >= 0.3 is 5.91 Å². The summed E-state index contributed by atoms with van der Waals surface area (Å²) in [5, 5.41) is 5.63. The Hall–Kier alpha value is -1.71. The van der Waals surface area contributed by atoms with Gasteiger partial charge in [0.05, 0.1) is 0 Å². The third-order valence-corrected chi connectivity index (χ3v) is 2.37. The van der Waals surface area contributed by atoms with Crippen LogP contribution in [0.25, 0.3) is 0 Å². The number of nitrogens with zero attached hydrogens (tertiary/aromatic N) is 1. The second kappa shape index (κ2) is 3.57. The molecule has 0 unspecified atom stereocenters. The number of rotatable bonds is 1. The number of carbonyl (C=O) groups is 1. The molecule has 14 heavy (non-hydrogen) atoms. The van der Waals surface area contributed by atoms with E-state index in [-0.39, 0.29) is 0 Å². The third-order valence-electron chi connectivity index (χ3n) is 2.37. The smallest absolute Gasteiger partial charge is 0.316 e. The summed E-state index contributed by atoms with van der Waals surface area (Å²) in [5.41, 5.74) is 2.52. The van der Waals surface area contributed by atoms with Gasteiger partial charge in [-0.05, 0) is 36.6 Å². The number of benzene rings is 1. The zero-order valence-electron chi connectivity index (χ0n) is 7.62. The van der Waals surface area contributed by atoms with E-state index < -0.39 is 5.91 Å². The molecule has 72 valence electrons. The molecular weight excluding hydrogens is 180 g/mol. The second-order valence-corrected chi connectivity index (χ2v) is 3.30. The van der Waals surface area contributed by atoms with Crippen LogP contribution >= 0.6 is 0 Å². The molecule has 0 saturated heterocycles. The van der Waals surface area contributed by atoms with Gasteiger partial charge in [0, 0.05) is 23.0 Å². The predicted octanol–water partition coefficient (Wildman–Crippen LogP) is 1.95. The topological polar surface area (TPSA) is 58.5 Å². The minimum Gasteiger partial charge on any atom is -0.385 e.